The van der Waals surface area contributed by atoms with Crippen LogP contribution in [0.4, 0.5) is 10.5 Å². The second kappa shape index (κ2) is 9.22. The largest absolute Gasteiger partial charge is 0.478 e. The molecule has 11 heteroatoms. The molecule has 0 aliphatic carbocycles. The number of hydrogen-bond acceptors (Lipinski definition) is 4. The number of rotatable bonds is 4. The molecule has 35 heavy (non-hydrogen) atoms. The highest BCUT2D eigenvalue weighted by Gasteiger charge is 2.38. The standard InChI is InChI=1S/C24H16Cl3N3O5/c1-11-8-13(12(2)29(11)14-6-7-17(25)15(10-14)23(33)34)9-16-21(31)28-24(35)30(22(16)32)19-5-3-4-18(26)20(19)27/h3-10H,1-2H3,(H,33,34)(H,28,31,35)/b16-9+. The number of halogens is 3. The minimum absolute atomic E-state index is 0.0125. The average molecular weight is 533 g/mol. The van der Waals surface area contributed by atoms with Crippen LogP contribution in [-0.4, -0.2) is 33.5 Å². The fourth-order valence-electron chi connectivity index (χ4n) is 3.84. The summed E-state index contributed by atoms with van der Waals surface area (Å²) in [5, 5.41) is 11.8. The number of amides is 4. The van der Waals surface area contributed by atoms with Gasteiger partial charge in [0.15, 0.2) is 0 Å². The van der Waals surface area contributed by atoms with E-state index in [1.165, 1.54) is 36.4 Å². The maximum absolute atomic E-state index is 13.2. The maximum atomic E-state index is 13.2. The molecule has 0 saturated carbocycles. The SMILES string of the molecule is Cc1cc(/C=C2\C(=O)NC(=O)N(c3cccc(Cl)c3Cl)C2=O)c(C)n1-c1ccc(Cl)c(C(=O)O)c1. The summed E-state index contributed by atoms with van der Waals surface area (Å²) in [7, 11) is 0. The van der Waals surface area contributed by atoms with E-state index in [1.807, 2.05) is 0 Å². The Morgan fingerprint density at radius 1 is 1.00 bits per heavy atom. The normalized spacial score (nSPS) is 15.1. The van der Waals surface area contributed by atoms with E-state index >= 15 is 0 Å². The molecule has 1 aliphatic rings. The van der Waals surface area contributed by atoms with Crippen molar-refractivity contribution in [3.05, 3.63) is 85.6 Å². The van der Waals surface area contributed by atoms with Crippen LogP contribution in [0.1, 0.15) is 27.3 Å². The van der Waals surface area contributed by atoms with Gasteiger partial charge in [-0.25, -0.2) is 14.5 Å². The molecular weight excluding hydrogens is 517 g/mol. The summed E-state index contributed by atoms with van der Waals surface area (Å²) in [5.74, 6) is -2.90. The Kier molecular flexibility index (Phi) is 6.46. The summed E-state index contributed by atoms with van der Waals surface area (Å²) >= 11 is 18.2. The van der Waals surface area contributed by atoms with Gasteiger partial charge in [0.25, 0.3) is 11.8 Å². The lowest BCUT2D eigenvalue weighted by molar-refractivity contribution is -0.122. The van der Waals surface area contributed by atoms with Crippen LogP contribution in [0.5, 0.6) is 0 Å². The van der Waals surface area contributed by atoms with Crippen LogP contribution in [-0.2, 0) is 9.59 Å². The number of imide groups is 2. The van der Waals surface area contributed by atoms with Gasteiger partial charge in [0.1, 0.15) is 5.57 Å². The summed E-state index contributed by atoms with van der Waals surface area (Å²) in [6.07, 6.45) is 1.36. The molecule has 1 aromatic heterocycles. The number of nitrogens with zero attached hydrogens (tertiary/aromatic N) is 2. The van der Waals surface area contributed by atoms with Crippen molar-refractivity contribution in [2.75, 3.05) is 4.90 Å². The minimum Gasteiger partial charge on any atom is -0.478 e. The number of aromatic nitrogens is 1. The predicted molar refractivity (Wildman–Crippen MR) is 133 cm³/mol. The molecule has 2 aromatic carbocycles. The zero-order chi connectivity index (χ0) is 25.6. The number of urea groups is 1. The number of carboxylic acids is 1. The van der Waals surface area contributed by atoms with Crippen molar-refractivity contribution in [2.24, 2.45) is 0 Å². The molecule has 4 amide bonds. The van der Waals surface area contributed by atoms with Crippen LogP contribution < -0.4 is 10.2 Å². The van der Waals surface area contributed by atoms with E-state index in [2.05, 4.69) is 5.32 Å². The van der Waals surface area contributed by atoms with Crippen molar-refractivity contribution >= 4 is 70.4 Å². The number of barbiturate groups is 1. The fraction of sp³-hybridized carbons (Fsp3) is 0.0833. The lowest BCUT2D eigenvalue weighted by atomic mass is 10.1. The molecular formula is C24H16Cl3N3O5. The molecule has 4 rings (SSSR count). The third kappa shape index (κ3) is 4.32. The Morgan fingerprint density at radius 2 is 1.71 bits per heavy atom. The second-order valence-electron chi connectivity index (χ2n) is 7.66. The third-order valence-electron chi connectivity index (χ3n) is 5.48. The molecule has 0 bridgehead atoms. The second-order valence-corrected chi connectivity index (χ2v) is 8.85. The van der Waals surface area contributed by atoms with Gasteiger partial charge in [-0.2, -0.15) is 0 Å². The number of nitrogens with one attached hydrogen (secondary N) is 1. The lowest BCUT2D eigenvalue weighted by Crippen LogP contribution is -2.54. The van der Waals surface area contributed by atoms with Crippen molar-refractivity contribution < 1.29 is 24.3 Å². The third-order valence-corrected chi connectivity index (χ3v) is 6.62. The zero-order valence-corrected chi connectivity index (χ0v) is 20.5. The van der Waals surface area contributed by atoms with Gasteiger partial charge in [0.2, 0.25) is 0 Å². The number of aromatic carboxylic acids is 1. The minimum atomic E-state index is -1.17. The van der Waals surface area contributed by atoms with Crippen molar-refractivity contribution in [2.45, 2.75) is 13.8 Å². The number of aryl methyl sites for hydroxylation is 1. The molecule has 2 N–H and O–H groups in total. The van der Waals surface area contributed by atoms with E-state index in [4.69, 9.17) is 34.8 Å². The van der Waals surface area contributed by atoms with Crippen molar-refractivity contribution in [3.63, 3.8) is 0 Å². The van der Waals surface area contributed by atoms with E-state index in [-0.39, 0.29) is 31.9 Å². The molecule has 0 radical (unpaired) electrons. The molecule has 8 nitrogen and oxygen atoms in total. The first-order valence-corrected chi connectivity index (χ1v) is 11.2. The Bertz CT molecular complexity index is 1480. The lowest BCUT2D eigenvalue weighted by Gasteiger charge is -2.27. The predicted octanol–water partition coefficient (Wildman–Crippen LogP) is 5.42. The average Bonchev–Trinajstić information content (AvgIpc) is 3.07. The molecule has 1 fully saturated rings. The number of hydrogen-bond donors (Lipinski definition) is 2. The molecule has 0 atom stereocenters. The smallest absolute Gasteiger partial charge is 0.337 e. The van der Waals surface area contributed by atoms with Gasteiger partial charge in [0.05, 0.1) is 26.3 Å². The summed E-state index contributed by atoms with van der Waals surface area (Å²) < 4.78 is 1.76. The summed E-state index contributed by atoms with van der Waals surface area (Å²) in [5.41, 5.74) is 2.07. The van der Waals surface area contributed by atoms with Crippen LogP contribution in [0, 0.1) is 13.8 Å². The Balaban J connectivity index is 1.80. The number of anilines is 1. The van der Waals surface area contributed by atoms with Crippen LogP contribution in [0.3, 0.4) is 0 Å². The van der Waals surface area contributed by atoms with Crippen molar-refractivity contribution in [1.29, 1.82) is 0 Å². The molecule has 3 aromatic rings. The fourth-order valence-corrected chi connectivity index (χ4v) is 4.42. The first-order chi connectivity index (χ1) is 16.5. The topological polar surface area (TPSA) is 109 Å². The molecule has 2 heterocycles. The summed E-state index contributed by atoms with van der Waals surface area (Å²) in [6, 6.07) is 9.81. The highest BCUT2D eigenvalue weighted by molar-refractivity contribution is 6.46. The van der Waals surface area contributed by atoms with E-state index < -0.39 is 23.8 Å². The monoisotopic (exact) mass is 531 g/mol. The summed E-state index contributed by atoms with van der Waals surface area (Å²) in [6.45, 7) is 3.53. The molecule has 178 valence electrons. The van der Waals surface area contributed by atoms with E-state index in [1.54, 1.807) is 30.5 Å². The van der Waals surface area contributed by atoms with E-state index in [0.29, 0.717) is 22.6 Å². The number of carbonyl (C=O) groups is 4. The Labute approximate surface area is 214 Å². The van der Waals surface area contributed by atoms with Crippen LogP contribution >= 0.6 is 34.8 Å². The van der Waals surface area contributed by atoms with Crippen molar-refractivity contribution in [3.8, 4) is 5.69 Å². The van der Waals surface area contributed by atoms with Gasteiger partial charge in [-0.05, 0) is 61.9 Å². The quantitative estimate of drug-likeness (QED) is 0.345. The Hall–Kier alpha value is -3.59. The number of carboxylic acid groups (broad SMARTS) is 1. The van der Waals surface area contributed by atoms with Gasteiger partial charge < -0.3 is 9.67 Å². The van der Waals surface area contributed by atoms with Gasteiger partial charge in [0, 0.05) is 17.1 Å². The molecule has 0 unspecified atom stereocenters. The van der Waals surface area contributed by atoms with Crippen LogP contribution in [0.15, 0.2) is 48.0 Å². The number of benzene rings is 2. The van der Waals surface area contributed by atoms with E-state index in [9.17, 15) is 24.3 Å². The highest BCUT2D eigenvalue weighted by atomic mass is 35.5. The first-order valence-electron chi connectivity index (χ1n) is 10.1. The van der Waals surface area contributed by atoms with Crippen LogP contribution in [0.25, 0.3) is 11.8 Å². The van der Waals surface area contributed by atoms with E-state index in [0.717, 1.165) is 4.90 Å². The molecule has 1 saturated heterocycles. The maximum Gasteiger partial charge on any atom is 0.337 e. The van der Waals surface area contributed by atoms with Gasteiger partial charge in [-0.1, -0.05) is 40.9 Å². The molecule has 0 spiro atoms. The summed E-state index contributed by atoms with van der Waals surface area (Å²) in [4.78, 5) is 50.5. The highest BCUT2D eigenvalue weighted by Crippen LogP contribution is 2.34. The van der Waals surface area contributed by atoms with Gasteiger partial charge >= 0.3 is 12.0 Å². The van der Waals surface area contributed by atoms with Gasteiger partial charge in [-0.3, -0.25) is 14.9 Å². The zero-order valence-electron chi connectivity index (χ0n) is 18.2. The van der Waals surface area contributed by atoms with Crippen molar-refractivity contribution in [1.82, 2.24) is 9.88 Å². The first kappa shape index (κ1) is 24.5. The molecule has 1 aliphatic heterocycles. The van der Waals surface area contributed by atoms with Crippen LogP contribution in [0.2, 0.25) is 15.1 Å². The van der Waals surface area contributed by atoms with Gasteiger partial charge in [-0.15, -0.1) is 0 Å². The number of carbonyl (C=O) groups excluding carboxylic acids is 3. The Morgan fingerprint density at radius 3 is 2.40 bits per heavy atom.